The van der Waals surface area contributed by atoms with Gasteiger partial charge in [-0.05, 0) is 18.7 Å². The number of piperazine rings is 1. The molecule has 1 atom stereocenters. The van der Waals surface area contributed by atoms with Gasteiger partial charge in [0.25, 0.3) is 5.91 Å². The van der Waals surface area contributed by atoms with Crippen LogP contribution in [0.15, 0.2) is 18.2 Å². The number of hydrogen-bond donors (Lipinski definition) is 0. The Kier molecular flexibility index (Phi) is 6.49. The molecule has 0 radical (unpaired) electrons. The zero-order valence-corrected chi connectivity index (χ0v) is 17.0. The van der Waals surface area contributed by atoms with Gasteiger partial charge in [0.05, 0.1) is 20.1 Å². The first kappa shape index (κ1) is 19.8. The molecule has 1 unspecified atom stereocenters. The molecule has 0 spiro atoms. The van der Waals surface area contributed by atoms with Gasteiger partial charge in [-0.3, -0.25) is 9.59 Å². The van der Waals surface area contributed by atoms with E-state index in [2.05, 4.69) is 11.8 Å². The van der Waals surface area contributed by atoms with Crippen molar-refractivity contribution < 1.29 is 19.1 Å². The predicted octanol–water partition coefficient (Wildman–Crippen LogP) is 1.38. The zero-order valence-electron chi connectivity index (χ0n) is 16.1. The van der Waals surface area contributed by atoms with Crippen molar-refractivity contribution in [1.82, 2.24) is 14.7 Å². The molecule has 2 aliphatic heterocycles. The summed E-state index contributed by atoms with van der Waals surface area (Å²) in [5, 5.41) is 0. The summed E-state index contributed by atoms with van der Waals surface area (Å²) in [5.74, 6) is 2.16. The molecule has 0 bridgehead atoms. The summed E-state index contributed by atoms with van der Waals surface area (Å²) >= 11 is 1.62. The van der Waals surface area contributed by atoms with Gasteiger partial charge in [-0.1, -0.05) is 6.92 Å². The molecule has 8 heteroatoms. The Morgan fingerprint density at radius 3 is 2.26 bits per heavy atom. The first-order valence-corrected chi connectivity index (χ1v) is 10.4. The average molecular weight is 394 g/mol. The highest BCUT2D eigenvalue weighted by atomic mass is 32.2. The van der Waals surface area contributed by atoms with E-state index >= 15 is 0 Å². The van der Waals surface area contributed by atoms with Crippen molar-refractivity contribution >= 4 is 23.6 Å². The van der Waals surface area contributed by atoms with Crippen LogP contribution in [0.4, 0.5) is 0 Å². The molecule has 7 nitrogen and oxygen atoms in total. The minimum atomic E-state index is -0.409. The number of carbonyl (C=O) groups is 2. The van der Waals surface area contributed by atoms with Crippen LogP contribution in [0.25, 0.3) is 0 Å². The second kappa shape index (κ2) is 8.84. The number of amides is 2. The molecule has 1 aromatic rings. The number of benzene rings is 1. The van der Waals surface area contributed by atoms with E-state index in [1.54, 1.807) is 49.1 Å². The van der Waals surface area contributed by atoms with Crippen LogP contribution in [0.5, 0.6) is 11.5 Å². The summed E-state index contributed by atoms with van der Waals surface area (Å²) in [4.78, 5) is 32.0. The van der Waals surface area contributed by atoms with Crippen LogP contribution in [0, 0.1) is 0 Å². The lowest BCUT2D eigenvalue weighted by molar-refractivity contribution is -0.136. The van der Waals surface area contributed by atoms with Crippen LogP contribution in [0.2, 0.25) is 0 Å². The van der Waals surface area contributed by atoms with E-state index in [4.69, 9.17) is 9.47 Å². The van der Waals surface area contributed by atoms with Gasteiger partial charge in [-0.2, -0.15) is 0 Å². The molecule has 3 rings (SSSR count). The van der Waals surface area contributed by atoms with Crippen LogP contribution >= 0.6 is 11.8 Å². The third kappa shape index (κ3) is 4.32. The maximum atomic E-state index is 13.1. The fourth-order valence-electron chi connectivity index (χ4n) is 3.44. The molecule has 2 fully saturated rings. The van der Waals surface area contributed by atoms with Gasteiger partial charge in [-0.15, -0.1) is 11.8 Å². The number of methoxy groups -OCH3 is 2. The lowest BCUT2D eigenvalue weighted by Crippen LogP contribution is -2.55. The van der Waals surface area contributed by atoms with Gasteiger partial charge >= 0.3 is 0 Å². The van der Waals surface area contributed by atoms with Gasteiger partial charge in [-0.25, -0.2) is 0 Å². The third-order valence-corrected chi connectivity index (χ3v) is 6.17. The van der Waals surface area contributed by atoms with E-state index in [1.165, 1.54) is 0 Å². The van der Waals surface area contributed by atoms with Crippen LogP contribution in [-0.4, -0.2) is 91.1 Å². The van der Waals surface area contributed by atoms with Crippen molar-refractivity contribution in [1.29, 1.82) is 0 Å². The number of ether oxygens (including phenoxy) is 2. The van der Waals surface area contributed by atoms with E-state index in [1.807, 2.05) is 4.90 Å². The molecule has 2 aliphatic rings. The Labute approximate surface area is 164 Å². The SMILES string of the molecule is CCN1CCN(C(=O)C2CSCN2C(=O)c2cc(OC)cc(OC)c2)CC1. The van der Waals surface area contributed by atoms with Crippen molar-refractivity contribution in [3.63, 3.8) is 0 Å². The number of carbonyl (C=O) groups excluding carboxylic acids is 2. The quantitative estimate of drug-likeness (QED) is 0.753. The van der Waals surface area contributed by atoms with Crippen molar-refractivity contribution in [3.05, 3.63) is 23.8 Å². The molecule has 148 valence electrons. The van der Waals surface area contributed by atoms with Gasteiger partial charge in [0, 0.05) is 43.6 Å². The van der Waals surface area contributed by atoms with Gasteiger partial charge in [0.2, 0.25) is 5.91 Å². The van der Waals surface area contributed by atoms with Crippen molar-refractivity contribution in [2.75, 3.05) is 58.6 Å². The number of likely N-dealkylation sites (N-methyl/N-ethyl adjacent to an activating group) is 1. The smallest absolute Gasteiger partial charge is 0.255 e. The van der Waals surface area contributed by atoms with Crippen molar-refractivity contribution in [2.45, 2.75) is 13.0 Å². The largest absolute Gasteiger partial charge is 0.497 e. The fraction of sp³-hybridized carbons (Fsp3) is 0.579. The van der Waals surface area contributed by atoms with E-state index in [0.717, 1.165) is 32.7 Å². The summed E-state index contributed by atoms with van der Waals surface area (Å²) in [7, 11) is 3.11. The minimum absolute atomic E-state index is 0.0546. The highest BCUT2D eigenvalue weighted by Gasteiger charge is 2.38. The average Bonchev–Trinajstić information content (AvgIpc) is 3.22. The van der Waals surface area contributed by atoms with Crippen molar-refractivity contribution in [3.8, 4) is 11.5 Å². The lowest BCUT2D eigenvalue weighted by Gasteiger charge is -2.36. The molecular weight excluding hydrogens is 366 g/mol. The van der Waals surface area contributed by atoms with E-state index in [0.29, 0.717) is 28.7 Å². The number of hydrogen-bond acceptors (Lipinski definition) is 6. The highest BCUT2D eigenvalue weighted by Crippen LogP contribution is 2.28. The fourth-order valence-corrected chi connectivity index (χ4v) is 4.58. The Bertz CT molecular complexity index is 669. The summed E-state index contributed by atoms with van der Waals surface area (Å²) in [6, 6.07) is 4.70. The Morgan fingerprint density at radius 1 is 1.07 bits per heavy atom. The molecule has 0 N–H and O–H groups in total. The normalized spacial score (nSPS) is 20.6. The third-order valence-electron chi connectivity index (χ3n) is 5.16. The molecule has 0 saturated carbocycles. The molecule has 0 aromatic heterocycles. The summed E-state index contributed by atoms with van der Waals surface area (Å²) in [6.45, 7) is 6.37. The first-order valence-electron chi connectivity index (χ1n) is 9.20. The van der Waals surface area contributed by atoms with Gasteiger partial charge in [0.15, 0.2) is 0 Å². The summed E-state index contributed by atoms with van der Waals surface area (Å²) < 4.78 is 10.5. The standard InChI is InChI=1S/C19H27N3O4S/c1-4-20-5-7-21(8-6-20)19(24)17-12-27-13-22(17)18(23)14-9-15(25-2)11-16(10-14)26-3/h9-11,17H,4-8,12-13H2,1-3H3. The molecular formula is C19H27N3O4S. The second-order valence-corrected chi connectivity index (χ2v) is 7.65. The summed E-state index contributed by atoms with van der Waals surface area (Å²) in [6.07, 6.45) is 0. The number of nitrogens with zero attached hydrogens (tertiary/aromatic N) is 3. The first-order chi connectivity index (χ1) is 13.1. The van der Waals surface area contributed by atoms with E-state index in [-0.39, 0.29) is 11.8 Å². The zero-order chi connectivity index (χ0) is 19.4. The van der Waals surface area contributed by atoms with Crippen LogP contribution in [0.3, 0.4) is 0 Å². The topological polar surface area (TPSA) is 62.3 Å². The molecule has 0 aliphatic carbocycles. The van der Waals surface area contributed by atoms with Crippen LogP contribution in [0.1, 0.15) is 17.3 Å². The minimum Gasteiger partial charge on any atom is -0.497 e. The molecule has 1 aromatic carbocycles. The Morgan fingerprint density at radius 2 is 1.70 bits per heavy atom. The highest BCUT2D eigenvalue weighted by molar-refractivity contribution is 7.99. The van der Waals surface area contributed by atoms with E-state index in [9.17, 15) is 9.59 Å². The second-order valence-electron chi connectivity index (χ2n) is 6.65. The number of thioether (sulfide) groups is 1. The van der Waals surface area contributed by atoms with E-state index < -0.39 is 6.04 Å². The maximum Gasteiger partial charge on any atom is 0.255 e. The van der Waals surface area contributed by atoms with Gasteiger partial charge in [0.1, 0.15) is 17.5 Å². The van der Waals surface area contributed by atoms with Crippen LogP contribution in [-0.2, 0) is 4.79 Å². The Balaban J connectivity index is 1.74. The summed E-state index contributed by atoms with van der Waals surface area (Å²) in [5.41, 5.74) is 0.474. The monoisotopic (exact) mass is 393 g/mol. The molecule has 2 amide bonds. The molecule has 2 heterocycles. The van der Waals surface area contributed by atoms with Gasteiger partial charge < -0.3 is 24.2 Å². The predicted molar refractivity (Wildman–Crippen MR) is 106 cm³/mol. The van der Waals surface area contributed by atoms with Crippen LogP contribution < -0.4 is 9.47 Å². The molecule has 27 heavy (non-hydrogen) atoms. The lowest BCUT2D eigenvalue weighted by atomic mass is 10.1. The molecule has 2 saturated heterocycles. The maximum absolute atomic E-state index is 13.1. The Hall–Kier alpha value is -1.93. The van der Waals surface area contributed by atoms with Crippen molar-refractivity contribution in [2.24, 2.45) is 0 Å². The number of rotatable bonds is 5.